The van der Waals surface area contributed by atoms with Crippen molar-refractivity contribution in [1.82, 2.24) is 24.4 Å². The molecule has 0 saturated carbocycles. The highest BCUT2D eigenvalue weighted by atomic mass is 16.6. The van der Waals surface area contributed by atoms with Gasteiger partial charge < -0.3 is 9.47 Å². The van der Waals surface area contributed by atoms with Crippen molar-refractivity contribution in [1.29, 1.82) is 0 Å². The lowest BCUT2D eigenvalue weighted by Gasteiger charge is -2.18. The molecule has 3 aromatic carbocycles. The number of aromatic nitrogens is 5. The first kappa shape index (κ1) is 20.8. The highest BCUT2D eigenvalue weighted by Crippen LogP contribution is 2.31. The van der Waals surface area contributed by atoms with Gasteiger partial charge in [-0.3, -0.25) is 4.79 Å². The predicted molar refractivity (Wildman–Crippen MR) is 128 cm³/mol. The van der Waals surface area contributed by atoms with Crippen LogP contribution < -0.4 is 15.2 Å². The standard InChI is InChI=1S/C26H19N5O4/c32-20(19-11-12-21-22(15-19)35-14-13-34-21)16-30-26(33)31-24(18-9-5-2-6-10-18)23(27-28-25(31)29-30)17-7-3-1-4-8-17/h1-12,15H,13-14,16H2. The van der Waals surface area contributed by atoms with E-state index in [9.17, 15) is 9.59 Å². The van der Waals surface area contributed by atoms with Crippen molar-refractivity contribution in [2.24, 2.45) is 0 Å². The number of hydrogen-bond donors (Lipinski definition) is 0. The molecule has 2 aromatic heterocycles. The SMILES string of the molecule is O=C(Cn1nc2nnc(-c3ccccc3)c(-c3ccccc3)n2c1=O)c1ccc2c(c1)OCCO2. The topological polar surface area (TPSA) is 101 Å². The second kappa shape index (κ2) is 8.53. The van der Waals surface area contributed by atoms with Crippen molar-refractivity contribution in [3.8, 4) is 34.0 Å². The zero-order valence-corrected chi connectivity index (χ0v) is 18.5. The van der Waals surface area contributed by atoms with E-state index in [1.165, 1.54) is 4.40 Å². The molecule has 172 valence electrons. The summed E-state index contributed by atoms with van der Waals surface area (Å²) in [5, 5.41) is 12.9. The van der Waals surface area contributed by atoms with Crippen LogP contribution in [0.15, 0.2) is 83.7 Å². The number of fused-ring (bicyclic) bond motifs is 2. The minimum Gasteiger partial charge on any atom is -0.486 e. The second-order valence-corrected chi connectivity index (χ2v) is 7.99. The number of ketones is 1. The molecule has 0 radical (unpaired) electrons. The van der Waals surface area contributed by atoms with Crippen LogP contribution in [0.25, 0.3) is 28.3 Å². The molecule has 0 bridgehead atoms. The molecule has 0 amide bonds. The summed E-state index contributed by atoms with van der Waals surface area (Å²) in [6.07, 6.45) is 0. The summed E-state index contributed by atoms with van der Waals surface area (Å²) in [6.45, 7) is 0.630. The summed E-state index contributed by atoms with van der Waals surface area (Å²) in [5.74, 6) is 0.927. The Bertz CT molecular complexity index is 1610. The van der Waals surface area contributed by atoms with Crippen LogP contribution in [0.5, 0.6) is 11.5 Å². The highest BCUT2D eigenvalue weighted by molar-refractivity contribution is 5.96. The van der Waals surface area contributed by atoms with Gasteiger partial charge in [0.15, 0.2) is 17.3 Å². The number of carbonyl (C=O) groups excluding carboxylic acids is 1. The molecule has 6 rings (SSSR count). The van der Waals surface area contributed by atoms with E-state index >= 15 is 0 Å². The Morgan fingerprint density at radius 3 is 2.26 bits per heavy atom. The monoisotopic (exact) mass is 465 g/mol. The van der Waals surface area contributed by atoms with Crippen LogP contribution in [0.3, 0.4) is 0 Å². The van der Waals surface area contributed by atoms with Gasteiger partial charge in [0, 0.05) is 16.7 Å². The number of hydrogen-bond acceptors (Lipinski definition) is 7. The van der Waals surface area contributed by atoms with Crippen molar-refractivity contribution in [2.45, 2.75) is 6.54 Å². The fourth-order valence-electron chi connectivity index (χ4n) is 4.10. The fourth-order valence-corrected chi connectivity index (χ4v) is 4.10. The molecule has 9 heteroatoms. The molecule has 0 atom stereocenters. The van der Waals surface area contributed by atoms with Gasteiger partial charge in [0.1, 0.15) is 25.5 Å². The van der Waals surface area contributed by atoms with Crippen molar-refractivity contribution in [2.75, 3.05) is 13.2 Å². The summed E-state index contributed by atoms with van der Waals surface area (Å²) in [5.41, 5.74) is 2.63. The summed E-state index contributed by atoms with van der Waals surface area (Å²) < 4.78 is 13.6. The van der Waals surface area contributed by atoms with Crippen LogP contribution in [-0.4, -0.2) is 43.4 Å². The molecule has 35 heavy (non-hydrogen) atoms. The first-order valence-electron chi connectivity index (χ1n) is 11.1. The Balaban J connectivity index is 1.45. The third kappa shape index (κ3) is 3.72. The summed E-state index contributed by atoms with van der Waals surface area (Å²) >= 11 is 0. The molecule has 5 aromatic rings. The van der Waals surface area contributed by atoms with E-state index in [0.717, 1.165) is 15.8 Å². The average Bonchev–Trinajstić information content (AvgIpc) is 3.23. The summed E-state index contributed by atoms with van der Waals surface area (Å²) in [6, 6.07) is 23.9. The van der Waals surface area contributed by atoms with Gasteiger partial charge in [-0.1, -0.05) is 60.7 Å². The first-order valence-corrected chi connectivity index (χ1v) is 11.1. The van der Waals surface area contributed by atoms with E-state index in [1.54, 1.807) is 18.2 Å². The molecule has 1 aliphatic rings. The molecule has 0 spiro atoms. The molecule has 0 fully saturated rings. The zero-order chi connectivity index (χ0) is 23.8. The van der Waals surface area contributed by atoms with Crippen LogP contribution >= 0.6 is 0 Å². The normalized spacial score (nSPS) is 12.6. The van der Waals surface area contributed by atoms with Crippen LogP contribution in [0, 0.1) is 0 Å². The zero-order valence-electron chi connectivity index (χ0n) is 18.5. The molecule has 9 nitrogen and oxygen atoms in total. The van der Waals surface area contributed by atoms with Crippen LogP contribution in [0.1, 0.15) is 10.4 Å². The maximum absolute atomic E-state index is 13.5. The fraction of sp³-hybridized carbons (Fsp3) is 0.115. The predicted octanol–water partition coefficient (Wildman–Crippen LogP) is 3.27. The highest BCUT2D eigenvalue weighted by Gasteiger charge is 2.22. The maximum atomic E-state index is 13.5. The van der Waals surface area contributed by atoms with Gasteiger partial charge in [-0.2, -0.15) is 0 Å². The maximum Gasteiger partial charge on any atom is 0.352 e. The second-order valence-electron chi connectivity index (χ2n) is 7.99. The van der Waals surface area contributed by atoms with Crippen molar-refractivity contribution < 1.29 is 14.3 Å². The number of ether oxygens (including phenoxy) is 2. The molecule has 0 N–H and O–H groups in total. The first-order chi connectivity index (χ1) is 17.2. The van der Waals surface area contributed by atoms with Gasteiger partial charge in [0.2, 0.25) is 0 Å². The smallest absolute Gasteiger partial charge is 0.352 e. The molecule has 1 aliphatic heterocycles. The summed E-state index contributed by atoms with van der Waals surface area (Å²) in [7, 11) is 0. The molecule has 0 aliphatic carbocycles. The molecular formula is C26H19N5O4. The Labute approximate surface area is 199 Å². The lowest BCUT2D eigenvalue weighted by atomic mass is 10.0. The minimum absolute atomic E-state index is 0.114. The van der Waals surface area contributed by atoms with Crippen LogP contribution in [-0.2, 0) is 6.54 Å². The Morgan fingerprint density at radius 2 is 1.51 bits per heavy atom. The number of nitrogens with zero attached hydrogens (tertiary/aromatic N) is 5. The van der Waals surface area contributed by atoms with E-state index in [1.807, 2.05) is 60.7 Å². The summed E-state index contributed by atoms with van der Waals surface area (Å²) in [4.78, 5) is 26.5. The van der Waals surface area contributed by atoms with E-state index < -0.39 is 5.69 Å². The third-order valence-corrected chi connectivity index (χ3v) is 5.76. The van der Waals surface area contributed by atoms with Crippen molar-refractivity contribution in [3.05, 3.63) is 94.9 Å². The van der Waals surface area contributed by atoms with E-state index in [-0.39, 0.29) is 18.1 Å². The van der Waals surface area contributed by atoms with Crippen LogP contribution in [0.2, 0.25) is 0 Å². The molecule has 0 saturated heterocycles. The Hall–Kier alpha value is -4.79. The van der Waals surface area contributed by atoms with E-state index in [0.29, 0.717) is 41.7 Å². The molecule has 3 heterocycles. The quantitative estimate of drug-likeness (QED) is 0.367. The number of carbonyl (C=O) groups is 1. The van der Waals surface area contributed by atoms with Gasteiger partial charge in [0.25, 0.3) is 5.78 Å². The average molecular weight is 465 g/mol. The van der Waals surface area contributed by atoms with Gasteiger partial charge in [-0.25, -0.2) is 13.9 Å². The lowest BCUT2D eigenvalue weighted by Crippen LogP contribution is -2.26. The Kier molecular flexibility index (Phi) is 5.07. The lowest BCUT2D eigenvalue weighted by molar-refractivity contribution is 0.0965. The van der Waals surface area contributed by atoms with Gasteiger partial charge in [0.05, 0.1) is 5.69 Å². The van der Waals surface area contributed by atoms with Gasteiger partial charge in [-0.15, -0.1) is 15.3 Å². The van der Waals surface area contributed by atoms with Crippen LogP contribution in [0.4, 0.5) is 0 Å². The van der Waals surface area contributed by atoms with Crippen molar-refractivity contribution in [3.63, 3.8) is 0 Å². The van der Waals surface area contributed by atoms with E-state index in [2.05, 4.69) is 15.3 Å². The molecule has 0 unspecified atom stereocenters. The van der Waals surface area contributed by atoms with E-state index in [4.69, 9.17) is 9.47 Å². The van der Waals surface area contributed by atoms with Gasteiger partial charge in [-0.05, 0) is 18.2 Å². The molecular weight excluding hydrogens is 446 g/mol. The third-order valence-electron chi connectivity index (χ3n) is 5.76. The largest absolute Gasteiger partial charge is 0.486 e. The number of benzene rings is 3. The van der Waals surface area contributed by atoms with Gasteiger partial charge >= 0.3 is 5.69 Å². The Morgan fingerprint density at radius 1 is 0.829 bits per heavy atom. The minimum atomic E-state index is -0.475. The van der Waals surface area contributed by atoms with Crippen molar-refractivity contribution >= 4 is 11.6 Å². The number of rotatable bonds is 5. The number of Topliss-reactive ketones (excluding diaryl/α,β-unsaturated/α-hetero) is 1.